The van der Waals surface area contributed by atoms with Crippen LogP contribution in [0.2, 0.25) is 0 Å². The second kappa shape index (κ2) is 11.2. The Kier molecular flexibility index (Phi) is 9.95. The molecule has 0 fully saturated rings. The van der Waals surface area contributed by atoms with E-state index in [1.165, 1.54) is 19.3 Å². The summed E-state index contributed by atoms with van der Waals surface area (Å²) < 4.78 is 6.93. The van der Waals surface area contributed by atoms with Crippen LogP contribution in [0.1, 0.15) is 64.7 Å². The maximum absolute atomic E-state index is 12.0. The molecule has 0 amide bonds. The van der Waals surface area contributed by atoms with Gasteiger partial charge in [-0.3, -0.25) is 9.59 Å². The summed E-state index contributed by atoms with van der Waals surface area (Å²) in [6, 6.07) is 0. The molecule has 0 aromatic rings. The minimum Gasteiger partial charge on any atom is -0.481 e. The van der Waals surface area contributed by atoms with Gasteiger partial charge in [-0.2, -0.15) is 0 Å². The fourth-order valence-corrected chi connectivity index (χ4v) is 3.63. The third-order valence-electron chi connectivity index (χ3n) is 3.98. The second-order valence-electron chi connectivity index (χ2n) is 5.88. The maximum atomic E-state index is 12.0. The molecule has 0 saturated carbocycles. The fourth-order valence-electron chi connectivity index (χ4n) is 2.71. The Morgan fingerprint density at radius 1 is 1.23 bits per heavy atom. The van der Waals surface area contributed by atoms with E-state index in [0.29, 0.717) is 13.0 Å². The van der Waals surface area contributed by atoms with Crippen LogP contribution in [0.15, 0.2) is 9.66 Å². The smallest absolute Gasteiger partial charge is 0.303 e. The van der Waals surface area contributed by atoms with Gasteiger partial charge in [0.2, 0.25) is 0 Å². The number of rotatable bonds is 12. The number of unbranched alkanes of at least 4 members (excludes halogenated alkanes) is 5. The van der Waals surface area contributed by atoms with Gasteiger partial charge in [0.1, 0.15) is 0 Å². The molecular formula is C17H27IO4. The summed E-state index contributed by atoms with van der Waals surface area (Å²) in [5.74, 6) is -0.550. The Morgan fingerprint density at radius 3 is 2.64 bits per heavy atom. The Balaban J connectivity index is 2.27. The zero-order chi connectivity index (χ0) is 16.4. The average molecular weight is 422 g/mol. The van der Waals surface area contributed by atoms with Gasteiger partial charge >= 0.3 is 5.97 Å². The van der Waals surface area contributed by atoms with Crippen molar-refractivity contribution in [1.29, 1.82) is 0 Å². The van der Waals surface area contributed by atoms with E-state index >= 15 is 0 Å². The number of hydrogen-bond donors (Lipinski definition) is 1. The number of carboxylic acids is 1. The molecule has 0 radical (unpaired) electrons. The van der Waals surface area contributed by atoms with Crippen molar-refractivity contribution in [2.75, 3.05) is 6.61 Å². The Morgan fingerprint density at radius 2 is 1.95 bits per heavy atom. The minimum absolute atomic E-state index is 0.0113. The van der Waals surface area contributed by atoms with Gasteiger partial charge in [0.25, 0.3) is 0 Å². The largest absolute Gasteiger partial charge is 0.481 e. The first-order chi connectivity index (χ1) is 10.6. The molecule has 0 saturated heterocycles. The topological polar surface area (TPSA) is 63.6 Å². The van der Waals surface area contributed by atoms with Crippen molar-refractivity contribution in [1.82, 2.24) is 0 Å². The summed E-state index contributed by atoms with van der Waals surface area (Å²) in [4.78, 5) is 22.5. The highest BCUT2D eigenvalue weighted by atomic mass is 127. The van der Waals surface area contributed by atoms with Crippen LogP contribution in [0, 0.1) is 5.92 Å². The normalized spacial score (nSPS) is 21.2. The standard InChI is InChI=1S/C17H27IO4/c1-2-3-4-6-9-13-15(19)12-14(18)17(13)22-11-8-5-7-10-16(20)21/h12-13,17H,2-11H2,1H3,(H,20,21). The Labute approximate surface area is 146 Å². The van der Waals surface area contributed by atoms with Gasteiger partial charge in [-0.1, -0.05) is 39.0 Å². The SMILES string of the molecule is CCCCCCC1C(=O)C=C(I)C1OCCCCCC(=O)O. The van der Waals surface area contributed by atoms with Gasteiger partial charge in [0, 0.05) is 16.6 Å². The van der Waals surface area contributed by atoms with Crippen LogP contribution in [-0.2, 0) is 14.3 Å². The van der Waals surface area contributed by atoms with Crippen molar-refractivity contribution < 1.29 is 19.4 Å². The van der Waals surface area contributed by atoms with Gasteiger partial charge < -0.3 is 9.84 Å². The van der Waals surface area contributed by atoms with Crippen LogP contribution in [-0.4, -0.2) is 29.6 Å². The predicted octanol–water partition coefficient (Wildman–Crippen LogP) is 4.50. The van der Waals surface area contributed by atoms with E-state index < -0.39 is 5.97 Å². The number of carbonyl (C=O) groups excluding carboxylic acids is 1. The number of ether oxygens (including phenoxy) is 1. The molecule has 1 N–H and O–H groups in total. The number of allylic oxidation sites excluding steroid dienone is 1. The summed E-state index contributed by atoms with van der Waals surface area (Å²) in [5.41, 5.74) is 0. The van der Waals surface area contributed by atoms with Crippen molar-refractivity contribution in [2.24, 2.45) is 5.92 Å². The lowest BCUT2D eigenvalue weighted by atomic mass is 9.96. The first kappa shape index (κ1) is 19.6. The molecule has 0 heterocycles. The molecule has 126 valence electrons. The molecule has 0 spiro atoms. The van der Waals surface area contributed by atoms with Crippen molar-refractivity contribution in [3.63, 3.8) is 0 Å². The molecule has 0 bridgehead atoms. The molecular weight excluding hydrogens is 395 g/mol. The monoisotopic (exact) mass is 422 g/mol. The second-order valence-corrected chi connectivity index (χ2v) is 7.13. The van der Waals surface area contributed by atoms with E-state index in [-0.39, 0.29) is 24.2 Å². The van der Waals surface area contributed by atoms with E-state index in [0.717, 1.165) is 29.3 Å². The molecule has 4 nitrogen and oxygen atoms in total. The van der Waals surface area contributed by atoms with E-state index in [9.17, 15) is 9.59 Å². The average Bonchev–Trinajstić information content (AvgIpc) is 2.73. The van der Waals surface area contributed by atoms with Crippen LogP contribution in [0.25, 0.3) is 0 Å². The number of halogens is 1. The summed E-state index contributed by atoms with van der Waals surface area (Å²) in [6.45, 7) is 2.78. The number of ketones is 1. The van der Waals surface area contributed by atoms with Crippen molar-refractivity contribution in [2.45, 2.75) is 70.8 Å². The molecule has 0 aromatic carbocycles. The number of carbonyl (C=O) groups is 2. The van der Waals surface area contributed by atoms with E-state index in [1.54, 1.807) is 6.08 Å². The molecule has 1 aliphatic carbocycles. The van der Waals surface area contributed by atoms with Gasteiger partial charge in [-0.05, 0) is 47.9 Å². The van der Waals surface area contributed by atoms with E-state index in [1.807, 2.05) is 0 Å². The van der Waals surface area contributed by atoms with Crippen molar-refractivity contribution >= 4 is 34.3 Å². The summed E-state index contributed by atoms with van der Waals surface area (Å²) in [5, 5.41) is 8.58. The zero-order valence-electron chi connectivity index (χ0n) is 13.4. The highest BCUT2D eigenvalue weighted by molar-refractivity contribution is 14.1. The summed E-state index contributed by atoms with van der Waals surface area (Å²) >= 11 is 2.21. The third kappa shape index (κ3) is 7.22. The molecule has 1 aliphatic rings. The Hall–Kier alpha value is -0.430. The molecule has 2 atom stereocenters. The molecule has 22 heavy (non-hydrogen) atoms. The lowest BCUT2D eigenvalue weighted by molar-refractivity contribution is -0.137. The number of hydrogen-bond acceptors (Lipinski definition) is 3. The first-order valence-corrected chi connectivity index (χ1v) is 9.38. The highest BCUT2D eigenvalue weighted by Gasteiger charge is 2.35. The van der Waals surface area contributed by atoms with Crippen LogP contribution >= 0.6 is 22.6 Å². The molecule has 5 heteroatoms. The van der Waals surface area contributed by atoms with E-state index in [4.69, 9.17) is 9.84 Å². The lowest BCUT2D eigenvalue weighted by Crippen LogP contribution is -2.25. The number of aliphatic carboxylic acids is 1. The Bertz CT molecular complexity index is 392. The van der Waals surface area contributed by atoms with Gasteiger partial charge in [-0.25, -0.2) is 0 Å². The van der Waals surface area contributed by atoms with Gasteiger partial charge in [-0.15, -0.1) is 0 Å². The van der Waals surface area contributed by atoms with Crippen LogP contribution in [0.5, 0.6) is 0 Å². The minimum atomic E-state index is -0.744. The quantitative estimate of drug-likeness (QED) is 0.372. The van der Waals surface area contributed by atoms with Crippen molar-refractivity contribution in [3.05, 3.63) is 9.66 Å². The summed E-state index contributed by atoms with van der Waals surface area (Å²) in [6.07, 6.45) is 9.86. The van der Waals surface area contributed by atoms with Gasteiger partial charge in [0.15, 0.2) is 5.78 Å². The lowest BCUT2D eigenvalue weighted by Gasteiger charge is -2.20. The maximum Gasteiger partial charge on any atom is 0.303 e. The van der Waals surface area contributed by atoms with Crippen molar-refractivity contribution in [3.8, 4) is 0 Å². The third-order valence-corrected chi connectivity index (χ3v) is 4.91. The van der Waals surface area contributed by atoms with Gasteiger partial charge in [0.05, 0.1) is 12.0 Å². The number of carboxylic acid groups (broad SMARTS) is 1. The van der Waals surface area contributed by atoms with Crippen LogP contribution in [0.4, 0.5) is 0 Å². The summed E-state index contributed by atoms with van der Waals surface area (Å²) in [7, 11) is 0. The van der Waals surface area contributed by atoms with E-state index in [2.05, 4.69) is 29.5 Å². The molecule has 0 aliphatic heterocycles. The van der Waals surface area contributed by atoms with Crippen LogP contribution < -0.4 is 0 Å². The molecule has 0 aromatic heterocycles. The zero-order valence-corrected chi connectivity index (χ0v) is 15.5. The highest BCUT2D eigenvalue weighted by Crippen LogP contribution is 2.33. The molecule has 2 unspecified atom stereocenters. The fraction of sp³-hybridized carbons (Fsp3) is 0.765. The predicted molar refractivity (Wildman–Crippen MR) is 95.2 cm³/mol. The molecule has 1 rings (SSSR count). The van der Waals surface area contributed by atoms with Crippen LogP contribution in [0.3, 0.4) is 0 Å². The first-order valence-electron chi connectivity index (χ1n) is 8.30.